The van der Waals surface area contributed by atoms with Crippen LogP contribution in [0.5, 0.6) is 0 Å². The van der Waals surface area contributed by atoms with Crippen LogP contribution in [0.25, 0.3) is 0 Å². The first-order chi connectivity index (χ1) is 6.22. The minimum Gasteiger partial charge on any atom is -0.465 e. The zero-order chi connectivity index (χ0) is 9.73. The first-order valence-electron chi connectivity index (χ1n) is 4.57. The van der Waals surface area contributed by atoms with Gasteiger partial charge in [-0.1, -0.05) is 13.0 Å². The molecule has 0 radical (unpaired) electrons. The molecule has 3 heteroatoms. The van der Waals surface area contributed by atoms with Gasteiger partial charge >= 0.3 is 5.97 Å². The topological polar surface area (TPSA) is 35.5 Å². The minimum absolute atomic E-state index is 0.0941. The Bertz CT molecular complexity index is 189. The van der Waals surface area contributed by atoms with Crippen LogP contribution in [-0.4, -0.2) is 25.8 Å². The van der Waals surface area contributed by atoms with Gasteiger partial charge in [-0.05, 0) is 6.42 Å². The van der Waals surface area contributed by atoms with Gasteiger partial charge < -0.3 is 9.47 Å². The van der Waals surface area contributed by atoms with E-state index in [1.165, 1.54) is 0 Å². The smallest absolute Gasteiger partial charge is 0.309 e. The maximum Gasteiger partial charge on any atom is 0.309 e. The third-order valence-electron chi connectivity index (χ3n) is 2.42. The van der Waals surface area contributed by atoms with Gasteiger partial charge in [-0.2, -0.15) is 0 Å². The van der Waals surface area contributed by atoms with Gasteiger partial charge in [-0.3, -0.25) is 4.79 Å². The van der Waals surface area contributed by atoms with E-state index in [0.717, 1.165) is 6.42 Å². The zero-order valence-corrected chi connectivity index (χ0v) is 8.04. The lowest BCUT2D eigenvalue weighted by atomic mass is 9.84. The summed E-state index contributed by atoms with van der Waals surface area (Å²) >= 11 is 0. The van der Waals surface area contributed by atoms with Crippen LogP contribution in [0, 0.1) is 5.41 Å². The van der Waals surface area contributed by atoms with Crippen molar-refractivity contribution in [3.8, 4) is 0 Å². The highest BCUT2D eigenvalue weighted by molar-refractivity contribution is 5.70. The normalized spacial score (nSPS) is 18.8. The standard InChI is InChI=1S/C10H16O3/c1-3-5-9(11)13-8-10(4-2)6-12-7-10/h3H,1,4-8H2,2H3. The molecule has 0 aromatic heterocycles. The average molecular weight is 184 g/mol. The van der Waals surface area contributed by atoms with E-state index in [4.69, 9.17) is 9.47 Å². The van der Waals surface area contributed by atoms with Crippen LogP contribution < -0.4 is 0 Å². The van der Waals surface area contributed by atoms with Crippen LogP contribution in [0.3, 0.4) is 0 Å². The Morgan fingerprint density at radius 3 is 2.77 bits per heavy atom. The number of carbonyl (C=O) groups is 1. The van der Waals surface area contributed by atoms with Crippen molar-refractivity contribution in [1.29, 1.82) is 0 Å². The molecule has 1 aliphatic heterocycles. The third-order valence-corrected chi connectivity index (χ3v) is 2.42. The number of hydrogen-bond donors (Lipinski definition) is 0. The van der Waals surface area contributed by atoms with Crippen molar-refractivity contribution >= 4 is 5.97 Å². The van der Waals surface area contributed by atoms with E-state index in [1.807, 2.05) is 0 Å². The summed E-state index contributed by atoms with van der Waals surface area (Å²) in [6, 6.07) is 0. The number of hydrogen-bond acceptors (Lipinski definition) is 3. The van der Waals surface area contributed by atoms with Crippen LogP contribution in [-0.2, 0) is 14.3 Å². The van der Waals surface area contributed by atoms with Crippen molar-refractivity contribution in [1.82, 2.24) is 0 Å². The second-order valence-electron chi connectivity index (χ2n) is 3.50. The Kier molecular flexibility index (Phi) is 3.48. The second-order valence-corrected chi connectivity index (χ2v) is 3.50. The molecule has 0 saturated carbocycles. The molecule has 1 rings (SSSR count). The molecule has 1 heterocycles. The molecule has 0 aliphatic carbocycles. The molecule has 13 heavy (non-hydrogen) atoms. The third kappa shape index (κ3) is 2.56. The van der Waals surface area contributed by atoms with Gasteiger partial charge in [0.2, 0.25) is 0 Å². The SMILES string of the molecule is C=CCC(=O)OCC1(CC)COC1. The molecular weight excluding hydrogens is 168 g/mol. The fourth-order valence-corrected chi connectivity index (χ4v) is 1.19. The van der Waals surface area contributed by atoms with E-state index in [1.54, 1.807) is 6.08 Å². The van der Waals surface area contributed by atoms with Crippen LogP contribution in [0.2, 0.25) is 0 Å². The van der Waals surface area contributed by atoms with Crippen molar-refractivity contribution in [2.24, 2.45) is 5.41 Å². The van der Waals surface area contributed by atoms with E-state index in [9.17, 15) is 4.79 Å². The second kappa shape index (κ2) is 4.42. The van der Waals surface area contributed by atoms with Gasteiger partial charge in [0.15, 0.2) is 0 Å². The number of carbonyl (C=O) groups excluding carboxylic acids is 1. The van der Waals surface area contributed by atoms with Crippen molar-refractivity contribution in [2.45, 2.75) is 19.8 Å². The molecule has 1 aliphatic rings. The monoisotopic (exact) mass is 184 g/mol. The number of ether oxygens (including phenoxy) is 2. The van der Waals surface area contributed by atoms with Gasteiger partial charge in [0, 0.05) is 0 Å². The summed E-state index contributed by atoms with van der Waals surface area (Å²) in [6.45, 7) is 7.47. The number of esters is 1. The van der Waals surface area contributed by atoms with E-state index in [2.05, 4.69) is 13.5 Å². The van der Waals surface area contributed by atoms with Crippen molar-refractivity contribution in [2.75, 3.05) is 19.8 Å². The van der Waals surface area contributed by atoms with Gasteiger partial charge in [0.25, 0.3) is 0 Å². The summed E-state index contributed by atoms with van der Waals surface area (Å²) in [5, 5.41) is 0. The molecule has 1 saturated heterocycles. The molecule has 0 atom stereocenters. The fourth-order valence-electron chi connectivity index (χ4n) is 1.19. The molecule has 0 unspecified atom stereocenters. The first-order valence-corrected chi connectivity index (χ1v) is 4.57. The van der Waals surface area contributed by atoms with Gasteiger partial charge in [-0.25, -0.2) is 0 Å². The molecule has 74 valence electrons. The van der Waals surface area contributed by atoms with E-state index in [0.29, 0.717) is 26.2 Å². The number of rotatable bonds is 5. The molecule has 0 amide bonds. The van der Waals surface area contributed by atoms with E-state index >= 15 is 0 Å². The lowest BCUT2D eigenvalue weighted by Gasteiger charge is -2.39. The molecule has 3 nitrogen and oxygen atoms in total. The predicted molar refractivity (Wildman–Crippen MR) is 49.3 cm³/mol. The largest absolute Gasteiger partial charge is 0.465 e. The predicted octanol–water partition coefficient (Wildman–Crippen LogP) is 1.53. The molecule has 0 aromatic rings. The molecule has 0 bridgehead atoms. The summed E-state index contributed by atoms with van der Waals surface area (Å²) in [4.78, 5) is 11.0. The summed E-state index contributed by atoms with van der Waals surface area (Å²) in [6.07, 6.45) is 2.84. The van der Waals surface area contributed by atoms with Crippen LogP contribution in [0.4, 0.5) is 0 Å². The van der Waals surface area contributed by atoms with E-state index < -0.39 is 0 Å². The van der Waals surface area contributed by atoms with Crippen LogP contribution in [0.1, 0.15) is 19.8 Å². The van der Waals surface area contributed by atoms with Crippen molar-refractivity contribution in [3.63, 3.8) is 0 Å². The highest BCUT2D eigenvalue weighted by Crippen LogP contribution is 2.31. The highest BCUT2D eigenvalue weighted by atomic mass is 16.5. The lowest BCUT2D eigenvalue weighted by Crippen LogP contribution is -2.46. The Morgan fingerprint density at radius 1 is 1.69 bits per heavy atom. The maximum absolute atomic E-state index is 11.0. The molecule has 0 N–H and O–H groups in total. The summed E-state index contributed by atoms with van der Waals surface area (Å²) < 4.78 is 10.2. The Labute approximate surface area is 78.7 Å². The fraction of sp³-hybridized carbons (Fsp3) is 0.700. The Balaban J connectivity index is 2.24. The minimum atomic E-state index is -0.199. The van der Waals surface area contributed by atoms with Crippen molar-refractivity contribution < 1.29 is 14.3 Å². The molecule has 0 spiro atoms. The first kappa shape index (κ1) is 10.3. The highest BCUT2D eigenvalue weighted by Gasteiger charge is 2.38. The van der Waals surface area contributed by atoms with Gasteiger partial charge in [-0.15, -0.1) is 6.58 Å². The van der Waals surface area contributed by atoms with Gasteiger partial charge in [0.1, 0.15) is 6.61 Å². The summed E-state index contributed by atoms with van der Waals surface area (Å²) in [5.41, 5.74) is 0.0941. The Hall–Kier alpha value is -0.830. The summed E-state index contributed by atoms with van der Waals surface area (Å²) in [5.74, 6) is -0.199. The summed E-state index contributed by atoms with van der Waals surface area (Å²) in [7, 11) is 0. The molecule has 1 fully saturated rings. The maximum atomic E-state index is 11.0. The Morgan fingerprint density at radius 2 is 2.38 bits per heavy atom. The van der Waals surface area contributed by atoms with E-state index in [-0.39, 0.29) is 11.4 Å². The average Bonchev–Trinajstić information content (AvgIpc) is 2.04. The van der Waals surface area contributed by atoms with Crippen LogP contribution >= 0.6 is 0 Å². The molecular formula is C10H16O3. The van der Waals surface area contributed by atoms with Gasteiger partial charge in [0.05, 0.1) is 25.0 Å². The van der Waals surface area contributed by atoms with Crippen LogP contribution in [0.15, 0.2) is 12.7 Å². The zero-order valence-electron chi connectivity index (χ0n) is 8.04. The van der Waals surface area contributed by atoms with Crippen molar-refractivity contribution in [3.05, 3.63) is 12.7 Å². The quantitative estimate of drug-likeness (QED) is 0.480. The molecule has 0 aromatic carbocycles. The lowest BCUT2D eigenvalue weighted by molar-refractivity contribution is -0.169.